The lowest BCUT2D eigenvalue weighted by Gasteiger charge is -2.36. The molecule has 3 nitrogen and oxygen atoms in total. The summed E-state index contributed by atoms with van der Waals surface area (Å²) in [7, 11) is 0. The molecule has 2 aliphatic carbocycles. The van der Waals surface area contributed by atoms with E-state index in [4.69, 9.17) is 9.47 Å². The number of halogens is 3. The molecule has 374 valence electrons. The zero-order chi connectivity index (χ0) is 53.0. The van der Waals surface area contributed by atoms with E-state index in [1.165, 1.54) is 24.3 Å². The van der Waals surface area contributed by atoms with E-state index in [1.807, 2.05) is 146 Å². The minimum Gasteiger partial charge on any atom is -0.457 e. The van der Waals surface area contributed by atoms with Crippen LogP contribution in [0.4, 0.5) is 30.2 Å². The van der Waals surface area contributed by atoms with Crippen LogP contribution in [0.15, 0.2) is 268 Å². The predicted octanol–water partition coefficient (Wildman–Crippen LogP) is 19.2. The molecule has 11 aromatic carbocycles. The van der Waals surface area contributed by atoms with Gasteiger partial charge in [-0.05, 0) is 176 Å². The third kappa shape index (κ3) is 7.75. The SMILES string of the molecule is C=Cc1ccc(Oc2ccc(C3(c4ccccc4F)c4ccccc4-c4ccc(N(c5ccc(F)cc5)c5ccc6c(c5)C(c5ccc(Oc7ccc(C=C)cc7)cc5)(c5ccccc5F)c5ccccc5-6)cc43)cc2)cc1. The zero-order valence-corrected chi connectivity index (χ0v) is 42.2. The molecule has 2 atom stereocenters. The van der Waals surface area contributed by atoms with E-state index < -0.39 is 10.8 Å². The van der Waals surface area contributed by atoms with Crippen LogP contribution in [0.5, 0.6) is 23.0 Å². The number of hydrogen-bond acceptors (Lipinski definition) is 3. The lowest BCUT2D eigenvalue weighted by atomic mass is 9.67. The largest absolute Gasteiger partial charge is 0.457 e. The number of rotatable bonds is 13. The number of benzene rings is 11. The van der Waals surface area contributed by atoms with Gasteiger partial charge in [-0.1, -0.05) is 171 Å². The number of anilines is 3. The molecule has 0 fully saturated rings. The maximum absolute atomic E-state index is 17.1. The molecule has 78 heavy (non-hydrogen) atoms. The van der Waals surface area contributed by atoms with Gasteiger partial charge in [-0.2, -0.15) is 0 Å². The van der Waals surface area contributed by atoms with Crippen molar-refractivity contribution in [1.82, 2.24) is 0 Å². The Kier molecular flexibility index (Phi) is 11.8. The van der Waals surface area contributed by atoms with Crippen LogP contribution in [-0.2, 0) is 10.8 Å². The highest BCUT2D eigenvalue weighted by Crippen LogP contribution is 2.60. The summed E-state index contributed by atoms with van der Waals surface area (Å²) in [6, 6.07) is 80.7. The van der Waals surface area contributed by atoms with Crippen molar-refractivity contribution in [2.24, 2.45) is 0 Å². The van der Waals surface area contributed by atoms with Gasteiger partial charge in [0.25, 0.3) is 0 Å². The van der Waals surface area contributed by atoms with Crippen LogP contribution in [0.25, 0.3) is 34.4 Å². The topological polar surface area (TPSA) is 21.7 Å². The Hall–Kier alpha value is -9.91. The molecule has 6 heteroatoms. The van der Waals surface area contributed by atoms with Crippen molar-refractivity contribution < 1.29 is 22.6 Å². The molecule has 0 saturated heterocycles. The summed E-state index contributed by atoms with van der Waals surface area (Å²) in [6.07, 6.45) is 3.57. The van der Waals surface area contributed by atoms with Gasteiger partial charge >= 0.3 is 0 Å². The Morgan fingerprint density at radius 1 is 0.321 bits per heavy atom. The lowest BCUT2D eigenvalue weighted by Crippen LogP contribution is -2.30. The van der Waals surface area contributed by atoms with Gasteiger partial charge in [0.15, 0.2) is 0 Å². The highest BCUT2D eigenvalue weighted by molar-refractivity contribution is 5.92. The van der Waals surface area contributed by atoms with Crippen LogP contribution in [-0.4, -0.2) is 0 Å². The van der Waals surface area contributed by atoms with Gasteiger partial charge in [0.1, 0.15) is 40.4 Å². The van der Waals surface area contributed by atoms with E-state index in [2.05, 4.69) is 78.7 Å². The first-order chi connectivity index (χ1) is 38.3. The van der Waals surface area contributed by atoms with Gasteiger partial charge in [-0.15, -0.1) is 0 Å². The molecule has 0 saturated carbocycles. The molecular formula is C72H48F3NO2. The fourth-order valence-electron chi connectivity index (χ4n) is 12.1. The Bertz CT molecular complexity index is 3850. The quantitative estimate of drug-likeness (QED) is 0.115. The molecule has 0 aliphatic heterocycles. The van der Waals surface area contributed by atoms with E-state index in [9.17, 15) is 0 Å². The molecule has 0 bridgehead atoms. The molecule has 2 aliphatic rings. The predicted molar refractivity (Wildman–Crippen MR) is 309 cm³/mol. The van der Waals surface area contributed by atoms with Crippen LogP contribution in [0.2, 0.25) is 0 Å². The highest BCUT2D eigenvalue weighted by Gasteiger charge is 2.50. The smallest absolute Gasteiger partial charge is 0.127 e. The first kappa shape index (κ1) is 47.8. The summed E-state index contributed by atoms with van der Waals surface area (Å²) in [5.41, 5.74) is 11.9. The average molecular weight is 1020 g/mol. The highest BCUT2D eigenvalue weighted by atomic mass is 19.1. The summed E-state index contributed by atoms with van der Waals surface area (Å²) >= 11 is 0. The van der Waals surface area contributed by atoms with Gasteiger partial charge in [-0.3, -0.25) is 0 Å². The number of ether oxygens (including phenoxy) is 2. The molecule has 2 unspecified atom stereocenters. The summed E-state index contributed by atoms with van der Waals surface area (Å²) in [6.45, 7) is 7.75. The van der Waals surface area contributed by atoms with Crippen LogP contribution in [0, 0.1) is 17.5 Å². The minimum absolute atomic E-state index is 0.354. The zero-order valence-electron chi connectivity index (χ0n) is 42.2. The third-order valence-electron chi connectivity index (χ3n) is 15.5. The summed E-state index contributed by atoms with van der Waals surface area (Å²) in [5.74, 6) is 1.51. The standard InChI is InChI=1S/C72H48F3NO2/c1-3-47-21-35-55(36-22-47)77-57-39-25-49(26-40-57)71(65-17-9-11-19-69(65)74)63-15-7-5-13-59(63)61-43-33-53(45-67(61)71)76(52-31-29-51(73)30-32-52)54-34-44-62-60-14-6-8-16-64(60)72(68(62)46-54,66-18-10-12-20-70(66)75)50-27-41-58(42-28-50)78-56-37-23-48(4-2)24-38-56/h3-46H,1-2H2. The maximum atomic E-state index is 17.1. The molecule has 0 aromatic heterocycles. The van der Waals surface area contributed by atoms with Crippen LogP contribution >= 0.6 is 0 Å². The third-order valence-corrected chi connectivity index (χ3v) is 15.5. The van der Waals surface area contributed by atoms with Gasteiger partial charge in [0, 0.05) is 28.2 Å². The molecule has 0 amide bonds. The molecule has 0 radical (unpaired) electrons. The van der Waals surface area contributed by atoms with Gasteiger partial charge in [0.05, 0.1) is 10.8 Å². The second kappa shape index (κ2) is 19.3. The summed E-state index contributed by atoms with van der Waals surface area (Å²) < 4.78 is 61.9. The van der Waals surface area contributed by atoms with Crippen molar-refractivity contribution in [1.29, 1.82) is 0 Å². The van der Waals surface area contributed by atoms with E-state index >= 15 is 13.2 Å². The Morgan fingerprint density at radius 3 is 1.04 bits per heavy atom. The molecular weight excluding hydrogens is 968 g/mol. The van der Waals surface area contributed by atoms with Gasteiger partial charge in [-0.25, -0.2) is 13.2 Å². The lowest BCUT2D eigenvalue weighted by molar-refractivity contribution is 0.482. The fourth-order valence-corrected chi connectivity index (χ4v) is 12.1. The summed E-state index contributed by atoms with van der Waals surface area (Å²) in [5, 5.41) is 0. The Balaban J connectivity index is 1.01. The van der Waals surface area contributed by atoms with Gasteiger partial charge < -0.3 is 14.4 Å². The molecule has 0 heterocycles. The van der Waals surface area contributed by atoms with E-state index in [-0.39, 0.29) is 17.5 Å². The van der Waals surface area contributed by atoms with Crippen molar-refractivity contribution in [2.75, 3.05) is 4.90 Å². The average Bonchev–Trinajstić information content (AvgIpc) is 4.18. The van der Waals surface area contributed by atoms with Crippen LogP contribution < -0.4 is 14.4 Å². The molecule has 0 N–H and O–H groups in total. The van der Waals surface area contributed by atoms with E-state index in [0.717, 1.165) is 78.1 Å². The molecule has 13 rings (SSSR count). The second-order valence-electron chi connectivity index (χ2n) is 19.6. The Labute approximate surface area is 451 Å². The van der Waals surface area contributed by atoms with Crippen molar-refractivity contribution in [3.63, 3.8) is 0 Å². The normalized spacial score (nSPS) is 15.6. The second-order valence-corrected chi connectivity index (χ2v) is 19.6. The van der Waals surface area contributed by atoms with Gasteiger partial charge in [0.2, 0.25) is 0 Å². The minimum atomic E-state index is -1.14. The van der Waals surface area contributed by atoms with Crippen molar-refractivity contribution in [2.45, 2.75) is 10.8 Å². The van der Waals surface area contributed by atoms with Crippen LogP contribution in [0.1, 0.15) is 55.6 Å². The van der Waals surface area contributed by atoms with Crippen LogP contribution in [0.3, 0.4) is 0 Å². The first-order valence-electron chi connectivity index (χ1n) is 25.8. The molecule has 11 aromatic rings. The fraction of sp³-hybridized carbons (Fsp3) is 0.0278. The van der Waals surface area contributed by atoms with Crippen molar-refractivity contribution in [3.05, 3.63) is 341 Å². The van der Waals surface area contributed by atoms with E-state index in [1.54, 1.807) is 36.4 Å². The Morgan fingerprint density at radius 2 is 0.654 bits per heavy atom. The molecule has 0 spiro atoms. The van der Waals surface area contributed by atoms with Crippen molar-refractivity contribution in [3.8, 4) is 45.3 Å². The number of nitrogens with zero attached hydrogens (tertiary/aromatic N) is 1. The summed E-state index contributed by atoms with van der Waals surface area (Å²) in [4.78, 5) is 2.10. The van der Waals surface area contributed by atoms with E-state index in [0.29, 0.717) is 39.8 Å². The maximum Gasteiger partial charge on any atom is 0.127 e. The number of hydrogen-bond donors (Lipinski definition) is 0. The van der Waals surface area contributed by atoms with Crippen molar-refractivity contribution >= 4 is 29.2 Å². The number of fused-ring (bicyclic) bond motifs is 6. The first-order valence-corrected chi connectivity index (χ1v) is 25.8. The monoisotopic (exact) mass is 1020 g/mol.